The van der Waals surface area contributed by atoms with E-state index in [0.29, 0.717) is 18.7 Å². The largest absolute Gasteiger partial charge is 0.338 e. The van der Waals surface area contributed by atoms with Crippen LogP contribution in [0, 0.1) is 0 Å². The summed E-state index contributed by atoms with van der Waals surface area (Å²) in [5, 5.41) is 13.5. The van der Waals surface area contributed by atoms with Crippen LogP contribution in [0.5, 0.6) is 0 Å². The monoisotopic (exact) mass is 358 g/mol. The van der Waals surface area contributed by atoms with Crippen LogP contribution < -0.4 is 10.6 Å². The van der Waals surface area contributed by atoms with E-state index in [2.05, 4.69) is 25.7 Å². The Kier molecular flexibility index (Phi) is 5.72. The lowest BCUT2D eigenvalue weighted by Crippen LogP contribution is -2.40. The number of carbonyl (C=O) groups excluding carboxylic acids is 2. The third-order valence-corrected chi connectivity index (χ3v) is 4.70. The number of likely N-dealkylation sites (N-methyl/N-ethyl adjacent to an activating group) is 1. The van der Waals surface area contributed by atoms with E-state index in [1.54, 1.807) is 6.20 Å². The summed E-state index contributed by atoms with van der Waals surface area (Å²) in [6.07, 6.45) is 3.98. The number of fused-ring (bicyclic) bond motifs is 1. The number of aromatic amines is 1. The number of urea groups is 1. The topological polar surface area (TPSA) is 93.4 Å². The first-order chi connectivity index (χ1) is 12.5. The molecular formula is C18H26N6O2. The van der Waals surface area contributed by atoms with E-state index in [4.69, 9.17) is 0 Å². The molecule has 140 valence electrons. The lowest BCUT2D eigenvalue weighted by molar-refractivity contribution is -0.129. The summed E-state index contributed by atoms with van der Waals surface area (Å²) in [7, 11) is 4.00. The summed E-state index contributed by atoms with van der Waals surface area (Å²) in [6.45, 7) is 2.13. The van der Waals surface area contributed by atoms with Crippen LogP contribution in [-0.2, 0) is 4.79 Å². The molecule has 1 fully saturated rings. The minimum Gasteiger partial charge on any atom is -0.338 e. The van der Waals surface area contributed by atoms with Gasteiger partial charge in [0.05, 0.1) is 11.7 Å². The molecule has 1 aromatic heterocycles. The number of H-pyrrole nitrogens is 1. The Labute approximate surface area is 152 Å². The van der Waals surface area contributed by atoms with Crippen molar-refractivity contribution in [3.63, 3.8) is 0 Å². The summed E-state index contributed by atoms with van der Waals surface area (Å²) in [5.41, 5.74) is 1.59. The highest BCUT2D eigenvalue weighted by Gasteiger charge is 2.30. The molecule has 0 unspecified atom stereocenters. The van der Waals surface area contributed by atoms with Crippen LogP contribution in [0.15, 0.2) is 24.4 Å². The fraction of sp³-hybridized carbons (Fsp3) is 0.500. The van der Waals surface area contributed by atoms with Crippen molar-refractivity contribution in [2.45, 2.75) is 25.3 Å². The maximum atomic E-state index is 12.1. The average Bonchev–Trinajstić information content (AvgIpc) is 3.19. The van der Waals surface area contributed by atoms with E-state index in [1.807, 2.05) is 37.2 Å². The second-order valence-electron chi connectivity index (χ2n) is 6.92. The van der Waals surface area contributed by atoms with Gasteiger partial charge in [0.2, 0.25) is 5.91 Å². The van der Waals surface area contributed by atoms with Crippen LogP contribution in [0.2, 0.25) is 0 Å². The Morgan fingerprint density at radius 3 is 3.08 bits per heavy atom. The van der Waals surface area contributed by atoms with Gasteiger partial charge in [0.1, 0.15) is 0 Å². The zero-order valence-corrected chi connectivity index (χ0v) is 15.3. The van der Waals surface area contributed by atoms with Crippen molar-refractivity contribution in [3.05, 3.63) is 24.4 Å². The van der Waals surface area contributed by atoms with Gasteiger partial charge >= 0.3 is 6.03 Å². The van der Waals surface area contributed by atoms with Gasteiger partial charge in [-0.1, -0.05) is 0 Å². The lowest BCUT2D eigenvalue weighted by atomic mass is 10.1. The molecule has 2 aromatic rings. The standard InChI is InChI=1S/C18H26N6O2/c1-23(2)9-10-24-15(5-6-17(24)25)7-8-19-18(26)21-14-4-3-13-12-20-22-16(13)11-14/h3-4,11-12,15H,5-10H2,1-2H3,(H,20,22)(H2,19,21,26)/t15-/m0/s1. The molecule has 26 heavy (non-hydrogen) atoms. The Morgan fingerprint density at radius 1 is 1.42 bits per heavy atom. The third-order valence-electron chi connectivity index (χ3n) is 4.70. The molecule has 2 heterocycles. The summed E-state index contributed by atoms with van der Waals surface area (Å²) in [4.78, 5) is 28.1. The predicted molar refractivity (Wildman–Crippen MR) is 101 cm³/mol. The minimum absolute atomic E-state index is 0.212. The number of anilines is 1. The van der Waals surface area contributed by atoms with Crippen LogP contribution in [0.4, 0.5) is 10.5 Å². The number of carbonyl (C=O) groups is 2. The molecule has 0 spiro atoms. The average molecular weight is 358 g/mol. The van der Waals surface area contributed by atoms with Gasteiger partial charge in [0.25, 0.3) is 0 Å². The lowest BCUT2D eigenvalue weighted by Gasteiger charge is -2.26. The molecule has 1 saturated heterocycles. The van der Waals surface area contributed by atoms with Gasteiger partial charge in [-0.05, 0) is 45.1 Å². The van der Waals surface area contributed by atoms with Crippen molar-refractivity contribution >= 4 is 28.5 Å². The van der Waals surface area contributed by atoms with E-state index in [0.717, 1.165) is 36.8 Å². The molecule has 3 rings (SSSR count). The molecule has 1 aliphatic rings. The number of hydrogen-bond donors (Lipinski definition) is 3. The minimum atomic E-state index is -0.243. The molecule has 0 saturated carbocycles. The first-order valence-corrected chi connectivity index (χ1v) is 8.95. The van der Waals surface area contributed by atoms with Crippen molar-refractivity contribution in [1.82, 2.24) is 25.3 Å². The van der Waals surface area contributed by atoms with Crippen LogP contribution in [0.3, 0.4) is 0 Å². The van der Waals surface area contributed by atoms with Crippen LogP contribution in [0.25, 0.3) is 10.9 Å². The van der Waals surface area contributed by atoms with Crippen molar-refractivity contribution < 1.29 is 9.59 Å². The predicted octanol–water partition coefficient (Wildman–Crippen LogP) is 1.63. The number of nitrogens with zero attached hydrogens (tertiary/aromatic N) is 3. The highest BCUT2D eigenvalue weighted by molar-refractivity contribution is 5.92. The van der Waals surface area contributed by atoms with Gasteiger partial charge in [0.15, 0.2) is 0 Å². The van der Waals surface area contributed by atoms with Crippen molar-refractivity contribution in [1.29, 1.82) is 0 Å². The Bertz CT molecular complexity index is 772. The Morgan fingerprint density at radius 2 is 2.27 bits per heavy atom. The highest BCUT2D eigenvalue weighted by Crippen LogP contribution is 2.21. The molecule has 0 aliphatic carbocycles. The van der Waals surface area contributed by atoms with E-state index in [-0.39, 0.29) is 18.0 Å². The number of amides is 3. The maximum Gasteiger partial charge on any atom is 0.319 e. The molecule has 1 aliphatic heterocycles. The SMILES string of the molecule is CN(C)CCN1C(=O)CC[C@H]1CCNC(=O)Nc1ccc2cn[nH]c2c1. The quantitative estimate of drug-likeness (QED) is 0.701. The normalized spacial score (nSPS) is 17.3. The maximum absolute atomic E-state index is 12.1. The first kappa shape index (κ1) is 18.2. The van der Waals surface area contributed by atoms with Gasteiger partial charge in [0, 0.05) is 43.2 Å². The molecule has 3 amide bonds. The summed E-state index contributed by atoms with van der Waals surface area (Å²) < 4.78 is 0. The first-order valence-electron chi connectivity index (χ1n) is 8.95. The number of hydrogen-bond acceptors (Lipinski definition) is 4. The van der Waals surface area contributed by atoms with Crippen molar-refractivity contribution in [2.75, 3.05) is 39.0 Å². The fourth-order valence-electron chi connectivity index (χ4n) is 3.25. The number of benzene rings is 1. The van der Waals surface area contributed by atoms with Gasteiger partial charge in [-0.25, -0.2) is 4.79 Å². The second-order valence-corrected chi connectivity index (χ2v) is 6.92. The third kappa shape index (κ3) is 4.51. The van der Waals surface area contributed by atoms with Crippen molar-refractivity contribution in [3.8, 4) is 0 Å². The molecule has 1 atom stereocenters. The Balaban J connectivity index is 1.44. The van der Waals surface area contributed by atoms with Crippen molar-refractivity contribution in [2.24, 2.45) is 0 Å². The van der Waals surface area contributed by atoms with E-state index >= 15 is 0 Å². The van der Waals surface area contributed by atoms with E-state index < -0.39 is 0 Å². The van der Waals surface area contributed by atoms with E-state index in [9.17, 15) is 9.59 Å². The molecule has 0 radical (unpaired) electrons. The summed E-state index contributed by atoms with van der Waals surface area (Å²) in [6, 6.07) is 5.56. The molecule has 0 bridgehead atoms. The molecule has 8 nitrogen and oxygen atoms in total. The van der Waals surface area contributed by atoms with Gasteiger partial charge in [-0.2, -0.15) is 5.10 Å². The smallest absolute Gasteiger partial charge is 0.319 e. The Hall–Kier alpha value is -2.61. The highest BCUT2D eigenvalue weighted by atomic mass is 16.2. The molecular weight excluding hydrogens is 332 g/mol. The number of nitrogens with one attached hydrogen (secondary N) is 3. The summed E-state index contributed by atoms with van der Waals surface area (Å²) in [5.74, 6) is 0.217. The fourth-order valence-corrected chi connectivity index (χ4v) is 3.25. The van der Waals surface area contributed by atoms with Gasteiger partial charge in [-0.15, -0.1) is 0 Å². The zero-order chi connectivity index (χ0) is 18.5. The van der Waals surface area contributed by atoms with E-state index in [1.165, 1.54) is 0 Å². The number of aromatic nitrogens is 2. The van der Waals surface area contributed by atoms with Crippen LogP contribution in [-0.4, -0.2) is 71.7 Å². The second kappa shape index (κ2) is 8.18. The summed E-state index contributed by atoms with van der Waals surface area (Å²) >= 11 is 0. The van der Waals surface area contributed by atoms with Crippen LogP contribution >= 0.6 is 0 Å². The molecule has 3 N–H and O–H groups in total. The van der Waals surface area contributed by atoms with Crippen LogP contribution in [0.1, 0.15) is 19.3 Å². The van der Waals surface area contributed by atoms with Gasteiger partial charge in [-0.3, -0.25) is 9.89 Å². The number of rotatable bonds is 7. The zero-order valence-electron chi connectivity index (χ0n) is 15.3. The molecule has 1 aromatic carbocycles. The number of likely N-dealkylation sites (tertiary alicyclic amines) is 1. The van der Waals surface area contributed by atoms with Gasteiger partial charge < -0.3 is 20.4 Å². The molecule has 8 heteroatoms.